The van der Waals surface area contributed by atoms with E-state index in [4.69, 9.17) is 0 Å². The Morgan fingerprint density at radius 3 is 2.32 bits per heavy atom. The highest BCUT2D eigenvalue weighted by Crippen LogP contribution is 2.46. The van der Waals surface area contributed by atoms with Crippen molar-refractivity contribution in [2.45, 2.75) is 78.4 Å². The van der Waals surface area contributed by atoms with Crippen molar-refractivity contribution < 1.29 is 19.5 Å². The van der Waals surface area contributed by atoms with Crippen molar-refractivity contribution in [3.05, 3.63) is 12.2 Å². The van der Waals surface area contributed by atoms with E-state index in [9.17, 15) is 19.5 Å². The second kappa shape index (κ2) is 11.1. The zero-order valence-corrected chi connectivity index (χ0v) is 19.9. The Morgan fingerprint density at radius 1 is 1.13 bits per heavy atom. The lowest BCUT2D eigenvalue weighted by Crippen LogP contribution is -2.55. The molecule has 3 amide bonds. The smallest absolute Gasteiger partial charge is 0.243 e. The van der Waals surface area contributed by atoms with Crippen LogP contribution in [0.1, 0.15) is 60.3 Å². The van der Waals surface area contributed by atoms with Crippen molar-refractivity contribution in [2.24, 2.45) is 29.6 Å². The number of nitrogens with zero attached hydrogens (tertiary/aromatic N) is 1. The summed E-state index contributed by atoms with van der Waals surface area (Å²) >= 11 is 0. The summed E-state index contributed by atoms with van der Waals surface area (Å²) < 4.78 is 0. The second-order valence-electron chi connectivity index (χ2n) is 9.46. The van der Waals surface area contributed by atoms with Gasteiger partial charge in [-0.3, -0.25) is 14.4 Å². The lowest BCUT2D eigenvalue weighted by Gasteiger charge is -2.36. The summed E-state index contributed by atoms with van der Waals surface area (Å²) in [6.45, 7) is 9.76. The van der Waals surface area contributed by atoms with Crippen LogP contribution in [0.4, 0.5) is 0 Å². The quantitative estimate of drug-likeness (QED) is 0.458. The van der Waals surface area contributed by atoms with Crippen molar-refractivity contribution in [1.29, 1.82) is 0 Å². The Hall–Kier alpha value is -1.89. The van der Waals surface area contributed by atoms with Crippen LogP contribution in [0.5, 0.6) is 0 Å². The average molecular weight is 436 g/mol. The molecule has 0 radical (unpaired) electrons. The van der Waals surface area contributed by atoms with E-state index in [0.717, 1.165) is 25.7 Å². The number of likely N-dealkylation sites (tertiary alicyclic amines) is 1. The van der Waals surface area contributed by atoms with Gasteiger partial charge in [0.1, 0.15) is 6.04 Å². The van der Waals surface area contributed by atoms with Crippen molar-refractivity contribution in [3.63, 3.8) is 0 Å². The van der Waals surface area contributed by atoms with E-state index in [-0.39, 0.29) is 48.1 Å². The third-order valence-electron chi connectivity index (χ3n) is 6.91. The van der Waals surface area contributed by atoms with Crippen molar-refractivity contribution in [1.82, 2.24) is 15.5 Å². The van der Waals surface area contributed by atoms with E-state index in [0.29, 0.717) is 0 Å². The predicted octanol–water partition coefficient (Wildman–Crippen LogP) is 2.10. The maximum absolute atomic E-state index is 13.8. The monoisotopic (exact) mass is 435 g/mol. The van der Waals surface area contributed by atoms with Gasteiger partial charge in [0.15, 0.2) is 0 Å². The van der Waals surface area contributed by atoms with Crippen LogP contribution in [0.15, 0.2) is 12.2 Å². The summed E-state index contributed by atoms with van der Waals surface area (Å²) in [4.78, 5) is 41.7. The Bertz CT molecular complexity index is 678. The van der Waals surface area contributed by atoms with E-state index in [1.165, 1.54) is 0 Å². The molecule has 0 aromatic heterocycles. The van der Waals surface area contributed by atoms with Gasteiger partial charge in [-0.2, -0.15) is 0 Å². The number of aliphatic hydroxyl groups excluding tert-OH is 1. The zero-order valence-electron chi connectivity index (χ0n) is 19.9. The number of carbonyl (C=O) groups is 3. The van der Waals surface area contributed by atoms with E-state index < -0.39 is 23.9 Å². The second-order valence-corrected chi connectivity index (χ2v) is 9.46. The lowest BCUT2D eigenvalue weighted by atomic mass is 9.68. The van der Waals surface area contributed by atoms with Gasteiger partial charge in [-0.05, 0) is 31.6 Å². The molecule has 0 bridgehead atoms. The maximum atomic E-state index is 13.8. The number of carbonyl (C=O) groups excluding carboxylic acids is 3. The number of hydrogen-bond acceptors (Lipinski definition) is 4. The number of fused-ring (bicyclic) bond motifs is 1. The van der Waals surface area contributed by atoms with E-state index in [2.05, 4.69) is 24.5 Å². The third kappa shape index (κ3) is 5.13. The van der Waals surface area contributed by atoms with E-state index >= 15 is 0 Å². The Labute approximate surface area is 187 Å². The molecule has 1 heterocycles. The van der Waals surface area contributed by atoms with Gasteiger partial charge < -0.3 is 20.6 Å². The third-order valence-corrected chi connectivity index (χ3v) is 6.91. The highest BCUT2D eigenvalue weighted by Gasteiger charge is 2.58. The van der Waals surface area contributed by atoms with Gasteiger partial charge in [0.2, 0.25) is 17.7 Å². The molecule has 7 nitrogen and oxygen atoms in total. The molecule has 7 heteroatoms. The van der Waals surface area contributed by atoms with Crippen molar-refractivity contribution in [3.8, 4) is 0 Å². The highest BCUT2D eigenvalue weighted by molar-refractivity contribution is 5.97. The fraction of sp³-hybridized carbons (Fsp3) is 0.792. The van der Waals surface area contributed by atoms with Gasteiger partial charge >= 0.3 is 0 Å². The summed E-state index contributed by atoms with van der Waals surface area (Å²) in [6, 6.07) is -1.20. The molecule has 1 saturated heterocycles. The molecule has 1 aliphatic carbocycles. The van der Waals surface area contributed by atoms with Crippen LogP contribution in [-0.2, 0) is 14.4 Å². The number of rotatable bonds is 10. The number of amides is 3. The first-order valence-corrected chi connectivity index (χ1v) is 11.9. The maximum Gasteiger partial charge on any atom is 0.243 e. The van der Waals surface area contributed by atoms with Crippen LogP contribution in [0.3, 0.4) is 0 Å². The van der Waals surface area contributed by atoms with Gasteiger partial charge in [0, 0.05) is 19.0 Å². The molecule has 0 aromatic rings. The van der Waals surface area contributed by atoms with Crippen LogP contribution < -0.4 is 10.6 Å². The minimum Gasteiger partial charge on any atom is -0.394 e. The first-order chi connectivity index (χ1) is 14.7. The van der Waals surface area contributed by atoms with Gasteiger partial charge in [-0.25, -0.2) is 0 Å². The first-order valence-electron chi connectivity index (χ1n) is 11.9. The van der Waals surface area contributed by atoms with Gasteiger partial charge in [-0.15, -0.1) is 0 Å². The van der Waals surface area contributed by atoms with Gasteiger partial charge in [0.25, 0.3) is 0 Å². The molecule has 0 saturated carbocycles. The van der Waals surface area contributed by atoms with Crippen molar-refractivity contribution in [2.75, 3.05) is 13.7 Å². The molecule has 1 aliphatic heterocycles. The average Bonchev–Trinajstić information content (AvgIpc) is 3.00. The topological polar surface area (TPSA) is 98.7 Å². The van der Waals surface area contributed by atoms with Crippen LogP contribution in [0.2, 0.25) is 0 Å². The Kier molecular flexibility index (Phi) is 9.10. The summed E-state index contributed by atoms with van der Waals surface area (Å²) in [7, 11) is 1.59. The standard InChI is InChI=1S/C24H41N3O4/c1-7-9-15(5)26-23(30)21-17-12-11-16(10-8-2)19(22(29)25-6)20(17)24(31)27(21)18(13-28)14(3)4/h11-12,14-21,28H,7-10,13H2,1-6H3,(H,25,29)(H,26,30)/t15?,16-,17+,18+,19-,20-,21+/m1/s1. The molecule has 3 N–H and O–H groups in total. The number of aliphatic hydroxyl groups is 1. The zero-order chi connectivity index (χ0) is 23.3. The summed E-state index contributed by atoms with van der Waals surface area (Å²) in [5, 5.41) is 15.9. The summed E-state index contributed by atoms with van der Waals surface area (Å²) in [5.74, 6) is -2.09. The highest BCUT2D eigenvalue weighted by atomic mass is 16.3. The normalized spacial score (nSPS) is 29.6. The summed E-state index contributed by atoms with van der Waals surface area (Å²) in [5.41, 5.74) is 0. The largest absolute Gasteiger partial charge is 0.394 e. The molecule has 1 unspecified atom stereocenters. The molecule has 0 aromatic carbocycles. The van der Waals surface area contributed by atoms with E-state index in [1.54, 1.807) is 11.9 Å². The van der Waals surface area contributed by atoms with Gasteiger partial charge in [-0.1, -0.05) is 52.7 Å². The molecular weight excluding hydrogens is 394 g/mol. The van der Waals surface area contributed by atoms with Crippen LogP contribution in [0, 0.1) is 29.6 Å². The minimum atomic E-state index is -0.720. The molecule has 31 heavy (non-hydrogen) atoms. The lowest BCUT2D eigenvalue weighted by molar-refractivity contribution is -0.144. The molecule has 1 fully saturated rings. The molecule has 0 spiro atoms. The number of allylic oxidation sites excluding steroid dienone is 1. The van der Waals surface area contributed by atoms with E-state index in [1.807, 2.05) is 32.9 Å². The molecular formula is C24H41N3O4. The van der Waals surface area contributed by atoms with Crippen LogP contribution >= 0.6 is 0 Å². The first kappa shape index (κ1) is 25.4. The SMILES string of the molecule is CCCC(C)NC(=O)[C@@H]1[C@H]2C=C[C@@H](CCC)[C@@H](C(=O)NC)[C@@H]2C(=O)N1[C@@H](CO)C(C)C. The predicted molar refractivity (Wildman–Crippen MR) is 121 cm³/mol. The van der Waals surface area contributed by atoms with Crippen LogP contribution in [0.25, 0.3) is 0 Å². The molecule has 2 aliphatic rings. The number of nitrogens with one attached hydrogen (secondary N) is 2. The summed E-state index contributed by atoms with van der Waals surface area (Å²) in [6.07, 6.45) is 7.52. The van der Waals surface area contributed by atoms with Crippen LogP contribution in [-0.4, -0.2) is 59.5 Å². The minimum absolute atomic E-state index is 0.00437. The molecule has 7 atom stereocenters. The fourth-order valence-corrected chi connectivity index (χ4v) is 5.39. The Balaban J connectivity index is 2.52. The Morgan fingerprint density at radius 2 is 1.81 bits per heavy atom. The molecule has 176 valence electrons. The fourth-order valence-electron chi connectivity index (χ4n) is 5.39. The van der Waals surface area contributed by atoms with Crippen molar-refractivity contribution >= 4 is 17.7 Å². The van der Waals surface area contributed by atoms with Gasteiger partial charge in [0.05, 0.1) is 24.5 Å². The number of hydrogen-bond donors (Lipinski definition) is 3. The molecule has 2 rings (SSSR count).